The van der Waals surface area contributed by atoms with Crippen LogP contribution in [-0.2, 0) is 0 Å². The Morgan fingerprint density at radius 1 is 1.33 bits per heavy atom. The lowest BCUT2D eigenvalue weighted by Crippen LogP contribution is -1.96. The number of benzene rings is 1. The normalized spacial score (nSPS) is 10.2. The number of rotatable bonds is 2. The van der Waals surface area contributed by atoms with E-state index >= 15 is 0 Å². The first-order valence-electron chi connectivity index (χ1n) is 4.12. The number of nitrogens with zero attached hydrogens (tertiary/aromatic N) is 1. The van der Waals surface area contributed by atoms with Gasteiger partial charge in [-0.25, -0.2) is 4.79 Å². The van der Waals surface area contributed by atoms with Gasteiger partial charge in [-0.3, -0.25) is 0 Å². The minimum Gasteiger partial charge on any atom is -0.477 e. The molecule has 76 valence electrons. The molecule has 2 aromatic rings. The van der Waals surface area contributed by atoms with E-state index in [0.29, 0.717) is 16.3 Å². The second kappa shape index (κ2) is 3.74. The third-order valence-corrected chi connectivity index (χ3v) is 2.17. The van der Waals surface area contributed by atoms with Crippen molar-refractivity contribution in [2.45, 2.75) is 0 Å². The van der Waals surface area contributed by atoms with Crippen molar-refractivity contribution in [3.05, 3.63) is 41.1 Å². The van der Waals surface area contributed by atoms with Crippen LogP contribution in [0.2, 0.25) is 5.02 Å². The molecule has 1 aromatic heterocycles. The maximum Gasteiger partial charge on any atom is 0.341 e. The predicted octanol–water partition coefficient (Wildman–Crippen LogP) is 2.69. The van der Waals surface area contributed by atoms with Gasteiger partial charge in [0, 0.05) is 10.6 Å². The van der Waals surface area contributed by atoms with Crippen LogP contribution in [0.1, 0.15) is 10.4 Å². The van der Waals surface area contributed by atoms with E-state index in [1.54, 1.807) is 24.3 Å². The highest BCUT2D eigenvalue weighted by Crippen LogP contribution is 2.23. The van der Waals surface area contributed by atoms with Crippen molar-refractivity contribution in [1.29, 1.82) is 0 Å². The molecule has 0 fully saturated rings. The molecule has 4 nitrogen and oxygen atoms in total. The van der Waals surface area contributed by atoms with Crippen molar-refractivity contribution in [2.24, 2.45) is 0 Å². The molecule has 0 saturated carbocycles. The molecule has 0 unspecified atom stereocenters. The monoisotopic (exact) mass is 223 g/mol. The summed E-state index contributed by atoms with van der Waals surface area (Å²) in [5.74, 6) is -1.07. The number of halogens is 1. The first-order chi connectivity index (χ1) is 7.18. The number of carboxylic acid groups (broad SMARTS) is 1. The quantitative estimate of drug-likeness (QED) is 0.850. The van der Waals surface area contributed by atoms with Crippen LogP contribution in [-0.4, -0.2) is 16.2 Å². The fourth-order valence-corrected chi connectivity index (χ4v) is 1.33. The second-order valence-corrected chi connectivity index (χ2v) is 3.33. The molecule has 0 amide bonds. The Hall–Kier alpha value is -1.81. The van der Waals surface area contributed by atoms with Crippen molar-refractivity contribution in [3.63, 3.8) is 0 Å². The van der Waals surface area contributed by atoms with Crippen LogP contribution in [0.5, 0.6) is 0 Å². The zero-order chi connectivity index (χ0) is 10.8. The second-order valence-electron chi connectivity index (χ2n) is 2.89. The van der Waals surface area contributed by atoms with Crippen LogP contribution >= 0.6 is 11.6 Å². The van der Waals surface area contributed by atoms with Gasteiger partial charge in [-0.2, -0.15) is 0 Å². The van der Waals surface area contributed by atoms with E-state index in [4.69, 9.17) is 16.7 Å². The summed E-state index contributed by atoms with van der Waals surface area (Å²) in [5.41, 5.74) is 1.00. The topological polar surface area (TPSA) is 63.3 Å². The molecule has 0 aliphatic rings. The van der Waals surface area contributed by atoms with Gasteiger partial charge < -0.3 is 9.63 Å². The summed E-state index contributed by atoms with van der Waals surface area (Å²) in [5, 5.41) is 13.1. The summed E-state index contributed by atoms with van der Waals surface area (Å²) in [6.45, 7) is 0. The Morgan fingerprint density at radius 2 is 2.00 bits per heavy atom. The van der Waals surface area contributed by atoms with Crippen LogP contribution in [0, 0.1) is 0 Å². The van der Waals surface area contributed by atoms with Gasteiger partial charge in [0.25, 0.3) is 0 Å². The molecule has 0 aliphatic carbocycles. The van der Waals surface area contributed by atoms with Crippen LogP contribution in [0.25, 0.3) is 11.3 Å². The maximum atomic E-state index is 10.8. The summed E-state index contributed by atoms with van der Waals surface area (Å²) in [7, 11) is 0. The number of hydrogen-bond donors (Lipinski definition) is 1. The van der Waals surface area contributed by atoms with Gasteiger partial charge in [0.1, 0.15) is 17.5 Å². The van der Waals surface area contributed by atoms with Gasteiger partial charge in [-0.15, -0.1) is 0 Å². The van der Waals surface area contributed by atoms with Crippen LogP contribution in [0.4, 0.5) is 0 Å². The van der Waals surface area contributed by atoms with E-state index in [9.17, 15) is 4.79 Å². The van der Waals surface area contributed by atoms with Crippen molar-refractivity contribution >= 4 is 17.6 Å². The van der Waals surface area contributed by atoms with Crippen molar-refractivity contribution in [1.82, 2.24) is 5.16 Å². The molecular weight excluding hydrogens is 218 g/mol. The van der Waals surface area contributed by atoms with E-state index in [1.165, 1.54) is 0 Å². The van der Waals surface area contributed by atoms with Gasteiger partial charge in [-0.05, 0) is 12.1 Å². The molecule has 0 spiro atoms. The minimum atomic E-state index is -1.07. The van der Waals surface area contributed by atoms with E-state index in [2.05, 4.69) is 9.68 Å². The van der Waals surface area contributed by atoms with Crippen LogP contribution in [0.15, 0.2) is 35.1 Å². The van der Waals surface area contributed by atoms with Crippen LogP contribution in [0.3, 0.4) is 0 Å². The van der Waals surface area contributed by atoms with Crippen molar-refractivity contribution in [2.75, 3.05) is 0 Å². The van der Waals surface area contributed by atoms with Gasteiger partial charge in [-0.1, -0.05) is 28.9 Å². The van der Waals surface area contributed by atoms with Gasteiger partial charge >= 0.3 is 5.97 Å². The average molecular weight is 224 g/mol. The molecule has 1 aromatic carbocycles. The summed E-state index contributed by atoms with van der Waals surface area (Å²) >= 11 is 5.72. The van der Waals surface area contributed by atoms with E-state index in [-0.39, 0.29) is 5.56 Å². The molecule has 1 heterocycles. The fourth-order valence-electron chi connectivity index (χ4n) is 1.20. The molecule has 0 aliphatic heterocycles. The third-order valence-electron chi connectivity index (χ3n) is 1.92. The van der Waals surface area contributed by atoms with Crippen molar-refractivity contribution in [3.8, 4) is 11.3 Å². The van der Waals surface area contributed by atoms with E-state index in [0.717, 1.165) is 6.26 Å². The number of carbonyl (C=O) groups is 1. The molecule has 2 rings (SSSR count). The highest BCUT2D eigenvalue weighted by atomic mass is 35.5. The van der Waals surface area contributed by atoms with E-state index < -0.39 is 5.97 Å². The zero-order valence-corrected chi connectivity index (χ0v) is 8.23. The summed E-state index contributed by atoms with van der Waals surface area (Å²) in [6.07, 6.45) is 1.10. The SMILES string of the molecule is O=C(O)c1conc1-c1ccc(Cl)cc1. The maximum absolute atomic E-state index is 10.8. The number of carboxylic acids is 1. The molecular formula is C10H6ClNO3. The molecule has 0 bridgehead atoms. The minimum absolute atomic E-state index is 0.0392. The Bertz CT molecular complexity index is 490. The highest BCUT2D eigenvalue weighted by molar-refractivity contribution is 6.30. The first kappa shape index (κ1) is 9.73. The average Bonchev–Trinajstić information content (AvgIpc) is 2.67. The van der Waals surface area contributed by atoms with Gasteiger partial charge in [0.2, 0.25) is 0 Å². The molecule has 0 atom stereocenters. The largest absolute Gasteiger partial charge is 0.477 e. The van der Waals surface area contributed by atoms with E-state index in [1.807, 2.05) is 0 Å². The number of aromatic nitrogens is 1. The molecule has 15 heavy (non-hydrogen) atoms. The van der Waals surface area contributed by atoms with Gasteiger partial charge in [0.15, 0.2) is 0 Å². The molecule has 5 heteroatoms. The van der Waals surface area contributed by atoms with Gasteiger partial charge in [0.05, 0.1) is 0 Å². The lowest BCUT2D eigenvalue weighted by atomic mass is 10.1. The third kappa shape index (κ3) is 1.85. The summed E-state index contributed by atoms with van der Waals surface area (Å²) < 4.78 is 4.63. The summed E-state index contributed by atoms with van der Waals surface area (Å²) in [6, 6.07) is 6.70. The van der Waals surface area contributed by atoms with Crippen molar-refractivity contribution < 1.29 is 14.4 Å². The molecule has 0 saturated heterocycles. The fraction of sp³-hybridized carbons (Fsp3) is 0. The predicted molar refractivity (Wildman–Crippen MR) is 53.9 cm³/mol. The zero-order valence-electron chi connectivity index (χ0n) is 7.48. The van der Waals surface area contributed by atoms with Crippen LogP contribution < -0.4 is 0 Å². The molecule has 0 radical (unpaired) electrons. The Balaban J connectivity index is 2.49. The number of aromatic carboxylic acids is 1. The Morgan fingerprint density at radius 3 is 2.60 bits per heavy atom. The first-order valence-corrected chi connectivity index (χ1v) is 4.50. The Labute approximate surface area is 90.1 Å². The molecule has 1 N–H and O–H groups in total. The lowest BCUT2D eigenvalue weighted by Gasteiger charge is -1.97. The highest BCUT2D eigenvalue weighted by Gasteiger charge is 2.15. The summed E-state index contributed by atoms with van der Waals surface area (Å²) in [4.78, 5) is 10.8. The standard InChI is InChI=1S/C10H6ClNO3/c11-7-3-1-6(2-4-7)9-8(10(13)14)5-15-12-9/h1-5H,(H,13,14). The Kier molecular flexibility index (Phi) is 2.43. The number of hydrogen-bond acceptors (Lipinski definition) is 3. The lowest BCUT2D eigenvalue weighted by molar-refractivity contribution is 0.0697. The smallest absolute Gasteiger partial charge is 0.341 e.